The Morgan fingerprint density at radius 3 is 1.17 bits per heavy atom. The number of hydrogen-bond donors (Lipinski definition) is 2. The zero-order valence-corrected chi connectivity index (χ0v) is 2.57. The van der Waals surface area contributed by atoms with Gasteiger partial charge in [-0.15, -0.1) is 0 Å². The van der Waals surface area contributed by atoms with Crippen LogP contribution in [0.1, 0.15) is 0 Å². The van der Waals surface area contributed by atoms with E-state index < -0.39 is 0 Å². The minimum atomic E-state index is 0. The van der Waals surface area contributed by atoms with Gasteiger partial charge < -0.3 is 11.5 Å². The Morgan fingerprint density at radius 2 is 1.17 bits per heavy atom. The van der Waals surface area contributed by atoms with E-state index in [4.69, 9.17) is 11.5 Å². The molecule has 0 heterocycles. The molecule has 0 atom stereocenters. The normalized spacial score (nSPS) is 5.00. The first-order valence-corrected chi connectivity index (χ1v) is 1.32. The molecule has 6 heavy (non-hydrogen) atoms. The molecule has 0 bridgehead atoms. The van der Waals surface area contributed by atoms with E-state index in [1.807, 2.05) is 0 Å². The van der Waals surface area contributed by atoms with Gasteiger partial charge in [0, 0.05) is 13.1 Å². The molecule has 0 fully saturated rings. The van der Waals surface area contributed by atoms with Crippen LogP contribution in [0, 0.1) is 0 Å². The topological polar surface area (TPSA) is 52.0 Å². The van der Waals surface area contributed by atoms with Gasteiger partial charge >= 0.3 is 80.9 Å². The standard InChI is InChI=1S/C2H8N2.K.Na.2H/c3-1-2-4;;;;/h1-4H2;;;;. The zero-order chi connectivity index (χ0) is 3.41. The van der Waals surface area contributed by atoms with Crippen molar-refractivity contribution in [3.05, 3.63) is 0 Å². The molecule has 0 aliphatic carbocycles. The van der Waals surface area contributed by atoms with Crippen molar-refractivity contribution in [2.45, 2.75) is 0 Å². The van der Waals surface area contributed by atoms with Gasteiger partial charge in [0.25, 0.3) is 0 Å². The Hall–Kier alpha value is 2.56. The number of rotatable bonds is 1. The number of hydrogen-bond acceptors (Lipinski definition) is 2. The summed E-state index contributed by atoms with van der Waals surface area (Å²) in [6.45, 7) is 1.19. The molecule has 0 spiro atoms. The van der Waals surface area contributed by atoms with E-state index in [0.717, 1.165) is 0 Å². The summed E-state index contributed by atoms with van der Waals surface area (Å²) in [6, 6.07) is 0. The van der Waals surface area contributed by atoms with Gasteiger partial charge in [-0.3, -0.25) is 0 Å². The fraction of sp³-hybridized carbons (Fsp3) is 1.00. The minimum absolute atomic E-state index is 0. The van der Waals surface area contributed by atoms with E-state index in [2.05, 4.69) is 0 Å². The van der Waals surface area contributed by atoms with E-state index in [1.165, 1.54) is 0 Å². The Kier molecular flexibility index (Phi) is 41.3. The maximum absolute atomic E-state index is 4.90. The summed E-state index contributed by atoms with van der Waals surface area (Å²) in [4.78, 5) is 0. The first-order chi connectivity index (χ1) is 1.91. The van der Waals surface area contributed by atoms with Gasteiger partial charge in [-0.1, -0.05) is 0 Å². The molecular weight excluding hydrogens is 114 g/mol. The Bertz CT molecular complexity index is 13.5. The second kappa shape index (κ2) is 15.6. The van der Waals surface area contributed by atoms with Crippen LogP contribution >= 0.6 is 0 Å². The van der Waals surface area contributed by atoms with Crippen LogP contribution in [0.15, 0.2) is 0 Å². The monoisotopic (exact) mass is 124 g/mol. The van der Waals surface area contributed by atoms with Crippen molar-refractivity contribution in [3.8, 4) is 0 Å². The second-order valence-electron chi connectivity index (χ2n) is 0.577. The van der Waals surface area contributed by atoms with Crippen molar-refractivity contribution in [1.29, 1.82) is 0 Å². The molecule has 0 amide bonds. The number of nitrogens with two attached hydrogens (primary N) is 2. The van der Waals surface area contributed by atoms with Crippen LogP contribution in [0.4, 0.5) is 0 Å². The Balaban J connectivity index is -0.0000000450. The maximum atomic E-state index is 4.90. The van der Waals surface area contributed by atoms with Crippen LogP contribution in [0.5, 0.6) is 0 Å². The molecule has 0 aromatic carbocycles. The van der Waals surface area contributed by atoms with Crippen molar-refractivity contribution >= 4 is 80.9 Å². The predicted molar refractivity (Wildman–Crippen MR) is 32.4 cm³/mol. The molecule has 0 aromatic rings. The van der Waals surface area contributed by atoms with Crippen LogP contribution < -0.4 is 11.5 Å². The summed E-state index contributed by atoms with van der Waals surface area (Å²) in [5.74, 6) is 0. The molecule has 4 heteroatoms. The molecule has 0 unspecified atom stereocenters. The Labute approximate surface area is 103 Å². The van der Waals surface area contributed by atoms with Crippen LogP contribution in [-0.4, -0.2) is 94.0 Å². The molecule has 0 radical (unpaired) electrons. The average molecular weight is 124 g/mol. The molecule has 0 saturated heterocycles. The summed E-state index contributed by atoms with van der Waals surface area (Å²) in [5.41, 5.74) is 9.81. The third-order valence-corrected chi connectivity index (χ3v) is 0.167. The van der Waals surface area contributed by atoms with Gasteiger partial charge in [0.1, 0.15) is 0 Å². The van der Waals surface area contributed by atoms with E-state index in [9.17, 15) is 0 Å². The van der Waals surface area contributed by atoms with E-state index in [1.54, 1.807) is 0 Å². The van der Waals surface area contributed by atoms with E-state index >= 15 is 0 Å². The second-order valence-corrected chi connectivity index (χ2v) is 0.577. The quantitative estimate of drug-likeness (QED) is 0.383. The van der Waals surface area contributed by atoms with Crippen LogP contribution in [0.3, 0.4) is 0 Å². The van der Waals surface area contributed by atoms with E-state index in [0.29, 0.717) is 13.1 Å². The first kappa shape index (κ1) is 15.8. The van der Waals surface area contributed by atoms with Crippen molar-refractivity contribution in [2.24, 2.45) is 11.5 Å². The summed E-state index contributed by atoms with van der Waals surface area (Å²) >= 11 is 0. The first-order valence-electron chi connectivity index (χ1n) is 1.32. The van der Waals surface area contributed by atoms with Crippen molar-refractivity contribution in [1.82, 2.24) is 0 Å². The third kappa shape index (κ3) is 16.0. The summed E-state index contributed by atoms with van der Waals surface area (Å²) in [7, 11) is 0. The molecule has 0 aliphatic heterocycles. The van der Waals surface area contributed by atoms with Crippen molar-refractivity contribution in [2.75, 3.05) is 13.1 Å². The van der Waals surface area contributed by atoms with Gasteiger partial charge in [-0.2, -0.15) is 0 Å². The molecule has 30 valence electrons. The van der Waals surface area contributed by atoms with Crippen LogP contribution in [-0.2, 0) is 0 Å². The molecule has 0 aliphatic rings. The van der Waals surface area contributed by atoms with Crippen molar-refractivity contribution in [3.63, 3.8) is 0 Å². The van der Waals surface area contributed by atoms with Crippen molar-refractivity contribution < 1.29 is 0 Å². The predicted octanol–water partition coefficient (Wildman–Crippen LogP) is -2.39. The molecule has 4 N–H and O–H groups in total. The van der Waals surface area contributed by atoms with Gasteiger partial charge in [0.05, 0.1) is 0 Å². The van der Waals surface area contributed by atoms with Gasteiger partial charge in [0.2, 0.25) is 0 Å². The fourth-order valence-corrected chi connectivity index (χ4v) is 0. The van der Waals surface area contributed by atoms with Gasteiger partial charge in [0.15, 0.2) is 0 Å². The third-order valence-electron chi connectivity index (χ3n) is 0.167. The summed E-state index contributed by atoms with van der Waals surface area (Å²) in [5, 5.41) is 0. The molecule has 0 saturated carbocycles. The average Bonchev–Trinajstić information content (AvgIpc) is 1.37. The van der Waals surface area contributed by atoms with Crippen LogP contribution in [0.2, 0.25) is 0 Å². The zero-order valence-electron chi connectivity index (χ0n) is 2.57. The van der Waals surface area contributed by atoms with Gasteiger partial charge in [-0.25, -0.2) is 0 Å². The Morgan fingerprint density at radius 1 is 1.00 bits per heavy atom. The van der Waals surface area contributed by atoms with Crippen LogP contribution in [0.25, 0.3) is 0 Å². The molecule has 0 rings (SSSR count). The fourth-order valence-electron chi connectivity index (χ4n) is 0. The van der Waals surface area contributed by atoms with Gasteiger partial charge in [-0.05, 0) is 0 Å². The molecule has 2 nitrogen and oxygen atoms in total. The molecular formula is C2H10KN2Na. The summed E-state index contributed by atoms with van der Waals surface area (Å²) in [6.07, 6.45) is 0. The SMILES string of the molecule is NCCN.[KH].[NaH]. The molecule has 0 aromatic heterocycles. The summed E-state index contributed by atoms with van der Waals surface area (Å²) < 4.78 is 0. The van der Waals surface area contributed by atoms with E-state index in [-0.39, 0.29) is 80.9 Å².